The van der Waals surface area contributed by atoms with E-state index in [4.69, 9.17) is 0 Å². The first-order chi connectivity index (χ1) is 6.74. The molecule has 0 heterocycles. The minimum Gasteiger partial charge on any atom is -0.299 e. The maximum atomic E-state index is 11.8. The molecule has 2 heteroatoms. The molecule has 0 spiro atoms. The van der Waals surface area contributed by atoms with E-state index in [9.17, 15) is 9.59 Å². The quantitative estimate of drug-likeness (QED) is 0.596. The summed E-state index contributed by atoms with van der Waals surface area (Å²) in [6.07, 6.45) is 6.90. The van der Waals surface area contributed by atoms with Crippen LogP contribution in [0.15, 0.2) is 12.2 Å². The second-order valence-corrected chi connectivity index (χ2v) is 4.30. The molecule has 0 radical (unpaired) electrons. The zero-order valence-electron chi connectivity index (χ0n) is 8.53. The van der Waals surface area contributed by atoms with Gasteiger partial charge in [0, 0.05) is 24.7 Å². The van der Waals surface area contributed by atoms with Crippen molar-refractivity contribution in [2.75, 3.05) is 0 Å². The molecule has 0 saturated heterocycles. The first-order valence-electron chi connectivity index (χ1n) is 5.46. The van der Waals surface area contributed by atoms with Gasteiger partial charge in [0.25, 0.3) is 0 Å². The summed E-state index contributed by atoms with van der Waals surface area (Å²) in [6, 6.07) is 0. The molecule has 1 fully saturated rings. The zero-order valence-corrected chi connectivity index (χ0v) is 8.53. The van der Waals surface area contributed by atoms with E-state index in [1.165, 1.54) is 0 Å². The molecule has 1 saturated carbocycles. The van der Waals surface area contributed by atoms with Crippen LogP contribution in [0.1, 0.15) is 32.6 Å². The molecule has 2 aliphatic carbocycles. The van der Waals surface area contributed by atoms with E-state index in [2.05, 4.69) is 19.1 Å². The summed E-state index contributed by atoms with van der Waals surface area (Å²) in [6.45, 7) is 2.09. The minimum absolute atomic E-state index is 0.00574. The van der Waals surface area contributed by atoms with Crippen molar-refractivity contribution >= 4 is 11.6 Å². The van der Waals surface area contributed by atoms with Gasteiger partial charge in [-0.2, -0.15) is 0 Å². The van der Waals surface area contributed by atoms with E-state index < -0.39 is 0 Å². The van der Waals surface area contributed by atoms with Gasteiger partial charge in [-0.25, -0.2) is 0 Å². The average Bonchev–Trinajstić information content (AvgIpc) is 2.23. The van der Waals surface area contributed by atoms with Crippen molar-refractivity contribution < 1.29 is 9.59 Å². The van der Waals surface area contributed by atoms with Gasteiger partial charge >= 0.3 is 0 Å². The highest BCUT2D eigenvalue weighted by Crippen LogP contribution is 2.38. The molecule has 0 N–H and O–H groups in total. The van der Waals surface area contributed by atoms with Crippen LogP contribution in [0.4, 0.5) is 0 Å². The van der Waals surface area contributed by atoms with Crippen molar-refractivity contribution in [3.8, 4) is 0 Å². The molecule has 76 valence electrons. The van der Waals surface area contributed by atoms with Crippen molar-refractivity contribution in [3.05, 3.63) is 12.2 Å². The van der Waals surface area contributed by atoms with Crippen LogP contribution < -0.4 is 0 Å². The van der Waals surface area contributed by atoms with Crippen LogP contribution in [0.3, 0.4) is 0 Å². The lowest BCUT2D eigenvalue weighted by molar-refractivity contribution is -0.139. The molecule has 2 rings (SSSR count). The fourth-order valence-corrected chi connectivity index (χ4v) is 2.75. The summed E-state index contributed by atoms with van der Waals surface area (Å²) in [5.41, 5.74) is 0. The second-order valence-electron chi connectivity index (χ2n) is 4.30. The van der Waals surface area contributed by atoms with Crippen molar-refractivity contribution in [3.63, 3.8) is 0 Å². The Balaban J connectivity index is 2.27. The molecule has 2 nitrogen and oxygen atoms in total. The van der Waals surface area contributed by atoms with Gasteiger partial charge in [0.2, 0.25) is 0 Å². The molecule has 0 bridgehead atoms. The Morgan fingerprint density at radius 1 is 1.29 bits per heavy atom. The Kier molecular flexibility index (Phi) is 2.53. The molecular formula is C12H16O2. The van der Waals surface area contributed by atoms with Crippen molar-refractivity contribution in [1.29, 1.82) is 0 Å². The fraction of sp³-hybridized carbons (Fsp3) is 0.667. The highest BCUT2D eigenvalue weighted by atomic mass is 16.1. The number of ketones is 2. The first kappa shape index (κ1) is 9.63. The van der Waals surface area contributed by atoms with Gasteiger partial charge in [-0.1, -0.05) is 19.1 Å². The third-order valence-electron chi connectivity index (χ3n) is 3.54. The van der Waals surface area contributed by atoms with Gasteiger partial charge in [0.05, 0.1) is 0 Å². The molecule has 0 aromatic rings. The smallest absolute Gasteiger partial charge is 0.137 e. The van der Waals surface area contributed by atoms with Crippen LogP contribution in [0.2, 0.25) is 0 Å². The lowest BCUT2D eigenvalue weighted by atomic mass is 9.66. The van der Waals surface area contributed by atoms with Crippen LogP contribution in [-0.2, 0) is 9.59 Å². The highest BCUT2D eigenvalue weighted by Gasteiger charge is 2.41. The number of rotatable bonds is 1. The topological polar surface area (TPSA) is 34.1 Å². The van der Waals surface area contributed by atoms with E-state index in [1.807, 2.05) is 0 Å². The number of hydrogen-bond donors (Lipinski definition) is 0. The van der Waals surface area contributed by atoms with E-state index in [-0.39, 0.29) is 11.8 Å². The van der Waals surface area contributed by atoms with Gasteiger partial charge in [-0.15, -0.1) is 0 Å². The Morgan fingerprint density at radius 3 is 2.71 bits per heavy atom. The summed E-state index contributed by atoms with van der Waals surface area (Å²) >= 11 is 0. The third kappa shape index (κ3) is 1.43. The molecule has 3 atom stereocenters. The van der Waals surface area contributed by atoms with Crippen LogP contribution in [-0.4, -0.2) is 11.6 Å². The molecular weight excluding hydrogens is 176 g/mol. The SMILES string of the molecule is CC[C@H]1C=CC[C@@H]2C(=O)CCC(=O)[C@@H]12. The van der Waals surface area contributed by atoms with Crippen LogP contribution in [0.5, 0.6) is 0 Å². The monoisotopic (exact) mass is 192 g/mol. The maximum Gasteiger partial charge on any atom is 0.137 e. The molecule has 0 amide bonds. The van der Waals surface area contributed by atoms with Gasteiger partial charge in [-0.3, -0.25) is 9.59 Å². The lowest BCUT2D eigenvalue weighted by Crippen LogP contribution is -2.40. The predicted octanol–water partition coefficient (Wildman–Crippen LogP) is 2.14. The van der Waals surface area contributed by atoms with Crippen molar-refractivity contribution in [2.24, 2.45) is 17.8 Å². The van der Waals surface area contributed by atoms with Crippen LogP contribution in [0, 0.1) is 17.8 Å². The summed E-state index contributed by atoms with van der Waals surface area (Å²) in [4.78, 5) is 23.4. The Morgan fingerprint density at radius 2 is 2.00 bits per heavy atom. The molecule has 0 aromatic carbocycles. The normalized spacial score (nSPS) is 37.1. The second kappa shape index (κ2) is 3.68. The number of Topliss-reactive ketones (excluding diaryl/α,β-unsaturated/α-hetero) is 2. The average molecular weight is 192 g/mol. The van der Waals surface area contributed by atoms with E-state index >= 15 is 0 Å². The summed E-state index contributed by atoms with van der Waals surface area (Å²) in [7, 11) is 0. The first-order valence-corrected chi connectivity index (χ1v) is 5.46. The van der Waals surface area contributed by atoms with Gasteiger partial charge in [-0.05, 0) is 18.8 Å². The van der Waals surface area contributed by atoms with E-state index in [0.717, 1.165) is 12.8 Å². The highest BCUT2D eigenvalue weighted by molar-refractivity contribution is 5.96. The fourth-order valence-electron chi connectivity index (χ4n) is 2.75. The van der Waals surface area contributed by atoms with Crippen LogP contribution >= 0.6 is 0 Å². The van der Waals surface area contributed by atoms with Gasteiger partial charge < -0.3 is 0 Å². The number of fused-ring (bicyclic) bond motifs is 1. The molecule has 2 aliphatic rings. The number of hydrogen-bond acceptors (Lipinski definition) is 2. The molecule has 0 aromatic heterocycles. The van der Waals surface area contributed by atoms with Gasteiger partial charge in [0.1, 0.15) is 11.6 Å². The number of carbonyl (C=O) groups excluding carboxylic acids is 2. The number of carbonyl (C=O) groups is 2. The van der Waals surface area contributed by atoms with Gasteiger partial charge in [0.15, 0.2) is 0 Å². The Hall–Kier alpha value is -0.920. The summed E-state index contributed by atoms with van der Waals surface area (Å²) in [5.74, 6) is 0.936. The Labute approximate surface area is 84.4 Å². The minimum atomic E-state index is 0.00574. The summed E-state index contributed by atoms with van der Waals surface area (Å²) in [5, 5.41) is 0. The van der Waals surface area contributed by atoms with Crippen molar-refractivity contribution in [1.82, 2.24) is 0 Å². The summed E-state index contributed by atoms with van der Waals surface area (Å²) < 4.78 is 0. The maximum absolute atomic E-state index is 11.8. The standard InChI is InChI=1S/C12H16O2/c1-2-8-4-3-5-9-10(13)6-7-11(14)12(8)9/h3-4,8-9,12H,2,5-7H2,1H3/t8-,9+,12-/m0/s1. The third-order valence-corrected chi connectivity index (χ3v) is 3.54. The van der Waals surface area contributed by atoms with E-state index in [1.54, 1.807) is 0 Å². The lowest BCUT2D eigenvalue weighted by Gasteiger charge is -2.35. The Bertz CT molecular complexity index is 291. The van der Waals surface area contributed by atoms with Crippen LogP contribution in [0.25, 0.3) is 0 Å². The zero-order chi connectivity index (χ0) is 10.1. The largest absolute Gasteiger partial charge is 0.299 e. The van der Waals surface area contributed by atoms with E-state index in [0.29, 0.717) is 30.3 Å². The van der Waals surface area contributed by atoms with Crippen molar-refractivity contribution in [2.45, 2.75) is 32.6 Å². The predicted molar refractivity (Wildman–Crippen MR) is 53.8 cm³/mol. The molecule has 14 heavy (non-hydrogen) atoms. The number of allylic oxidation sites excluding steroid dienone is 2. The molecule has 0 aliphatic heterocycles. The molecule has 0 unspecified atom stereocenters.